The number of nitrogens with two attached hydrogens (primary N) is 1. The number of rotatable bonds is 2. The van der Waals surface area contributed by atoms with Crippen LogP contribution < -0.4 is 5.73 Å². The number of nitrogens with zero attached hydrogens (tertiary/aromatic N) is 3. The zero-order valence-electron chi connectivity index (χ0n) is 11.8. The third kappa shape index (κ3) is 2.28. The Kier molecular flexibility index (Phi) is 3.08. The number of anilines is 1. The molecule has 2 N–H and O–H groups in total. The summed E-state index contributed by atoms with van der Waals surface area (Å²) in [6.07, 6.45) is 6.14. The number of carbonyl (C=O) groups excluding carboxylic acids is 1. The fourth-order valence-corrected chi connectivity index (χ4v) is 4.06. The molecule has 0 aromatic carbocycles. The minimum absolute atomic E-state index is 0.0733. The van der Waals surface area contributed by atoms with E-state index in [0.717, 1.165) is 42.3 Å². The van der Waals surface area contributed by atoms with Crippen molar-refractivity contribution >= 4 is 33.0 Å². The summed E-state index contributed by atoms with van der Waals surface area (Å²) in [5.74, 6) is 0.0733. The van der Waals surface area contributed by atoms with Crippen LogP contribution in [0.25, 0.3) is 10.1 Å². The molecule has 2 aliphatic rings. The van der Waals surface area contributed by atoms with E-state index < -0.39 is 0 Å². The summed E-state index contributed by atoms with van der Waals surface area (Å²) in [7, 11) is 0. The summed E-state index contributed by atoms with van der Waals surface area (Å²) in [4.78, 5) is 21.9. The van der Waals surface area contributed by atoms with E-state index in [1.54, 1.807) is 12.4 Å². The fraction of sp³-hybridized carbons (Fsp3) is 0.467. The quantitative estimate of drug-likeness (QED) is 0.919. The molecule has 110 valence electrons. The van der Waals surface area contributed by atoms with E-state index in [1.165, 1.54) is 24.2 Å². The van der Waals surface area contributed by atoms with Crippen LogP contribution in [0.2, 0.25) is 0 Å². The molecular weight excluding hydrogens is 284 g/mol. The van der Waals surface area contributed by atoms with E-state index >= 15 is 0 Å². The van der Waals surface area contributed by atoms with Crippen molar-refractivity contribution in [2.24, 2.45) is 0 Å². The third-order valence-electron chi connectivity index (χ3n) is 4.39. The normalized spacial score (nSPS) is 20.1. The number of hydrogen-bond acceptors (Lipinski definition) is 5. The molecule has 1 aliphatic carbocycles. The number of thiophene rings is 1. The van der Waals surface area contributed by atoms with Gasteiger partial charge in [0.2, 0.25) is 0 Å². The van der Waals surface area contributed by atoms with E-state index in [4.69, 9.17) is 5.73 Å². The number of hydrogen-bond donors (Lipinski definition) is 1. The van der Waals surface area contributed by atoms with Gasteiger partial charge in [-0.25, -0.2) is 0 Å². The number of amides is 1. The largest absolute Gasteiger partial charge is 0.397 e. The molecule has 2 aromatic rings. The zero-order valence-corrected chi connectivity index (χ0v) is 12.6. The van der Waals surface area contributed by atoms with Gasteiger partial charge in [-0.3, -0.25) is 14.7 Å². The van der Waals surface area contributed by atoms with Gasteiger partial charge >= 0.3 is 0 Å². The number of fused-ring (bicyclic) bond motifs is 1. The van der Waals surface area contributed by atoms with Crippen LogP contribution in [0.4, 0.5) is 5.69 Å². The molecule has 2 fully saturated rings. The molecule has 21 heavy (non-hydrogen) atoms. The molecule has 0 radical (unpaired) electrons. The van der Waals surface area contributed by atoms with E-state index in [9.17, 15) is 4.79 Å². The van der Waals surface area contributed by atoms with Crippen LogP contribution in [-0.2, 0) is 0 Å². The number of carbonyl (C=O) groups is 1. The summed E-state index contributed by atoms with van der Waals surface area (Å²) in [5.41, 5.74) is 6.76. The Balaban J connectivity index is 1.54. The Morgan fingerprint density at radius 1 is 1.29 bits per heavy atom. The number of pyridine rings is 1. The lowest BCUT2D eigenvalue weighted by Crippen LogP contribution is -2.49. The monoisotopic (exact) mass is 302 g/mol. The second-order valence-electron chi connectivity index (χ2n) is 5.78. The predicted molar refractivity (Wildman–Crippen MR) is 84.5 cm³/mol. The van der Waals surface area contributed by atoms with E-state index in [0.29, 0.717) is 10.6 Å². The van der Waals surface area contributed by atoms with E-state index in [1.807, 2.05) is 11.0 Å². The Morgan fingerprint density at radius 3 is 2.71 bits per heavy atom. The van der Waals surface area contributed by atoms with Gasteiger partial charge in [-0.1, -0.05) is 0 Å². The smallest absolute Gasteiger partial charge is 0.266 e. The highest BCUT2D eigenvalue weighted by Crippen LogP contribution is 2.34. The minimum atomic E-state index is 0.0733. The lowest BCUT2D eigenvalue weighted by molar-refractivity contribution is 0.0633. The van der Waals surface area contributed by atoms with E-state index in [-0.39, 0.29) is 5.91 Å². The van der Waals surface area contributed by atoms with Crippen LogP contribution in [0, 0.1) is 0 Å². The second kappa shape index (κ2) is 4.96. The van der Waals surface area contributed by atoms with Gasteiger partial charge in [0.15, 0.2) is 0 Å². The van der Waals surface area contributed by atoms with Gasteiger partial charge in [0.05, 0.1) is 10.4 Å². The van der Waals surface area contributed by atoms with Crippen LogP contribution in [-0.4, -0.2) is 52.9 Å². The van der Waals surface area contributed by atoms with Gasteiger partial charge in [-0.15, -0.1) is 11.3 Å². The Hall–Kier alpha value is -1.66. The van der Waals surface area contributed by atoms with Gasteiger partial charge in [0.25, 0.3) is 5.91 Å². The molecule has 1 amide bonds. The standard InChI is InChI=1S/C15H18N4OS/c16-13-11-3-4-17-9-12(11)21-14(13)15(20)19-7-5-18(6-8-19)10-1-2-10/h3-4,9-10H,1-2,5-8,16H2. The average Bonchev–Trinajstić information content (AvgIpc) is 3.32. The van der Waals surface area contributed by atoms with E-state index in [2.05, 4.69) is 9.88 Å². The van der Waals surface area contributed by atoms with Crippen molar-refractivity contribution in [3.63, 3.8) is 0 Å². The molecule has 0 spiro atoms. The highest BCUT2D eigenvalue weighted by molar-refractivity contribution is 7.21. The Morgan fingerprint density at radius 2 is 2.05 bits per heavy atom. The van der Waals surface area contributed by atoms with Crippen LogP contribution in [0.5, 0.6) is 0 Å². The maximum Gasteiger partial charge on any atom is 0.266 e. The lowest BCUT2D eigenvalue weighted by atomic mass is 10.2. The maximum atomic E-state index is 12.7. The number of nitrogen functional groups attached to an aromatic ring is 1. The molecule has 3 heterocycles. The van der Waals surface area contributed by atoms with Crippen molar-refractivity contribution in [2.75, 3.05) is 31.9 Å². The molecule has 1 saturated heterocycles. The van der Waals surface area contributed by atoms with Crippen molar-refractivity contribution in [1.29, 1.82) is 0 Å². The van der Waals surface area contributed by atoms with Gasteiger partial charge < -0.3 is 10.6 Å². The summed E-state index contributed by atoms with van der Waals surface area (Å²) in [6.45, 7) is 3.59. The predicted octanol–water partition coefficient (Wildman–Crippen LogP) is 1.80. The molecule has 1 saturated carbocycles. The first kappa shape index (κ1) is 13.0. The van der Waals surface area contributed by atoms with Gasteiger partial charge in [-0.05, 0) is 18.9 Å². The van der Waals surface area contributed by atoms with Crippen molar-refractivity contribution < 1.29 is 4.79 Å². The lowest BCUT2D eigenvalue weighted by Gasteiger charge is -2.34. The average molecular weight is 302 g/mol. The van der Waals surface area contributed by atoms with Crippen molar-refractivity contribution in [2.45, 2.75) is 18.9 Å². The summed E-state index contributed by atoms with van der Waals surface area (Å²) < 4.78 is 0.981. The first-order chi connectivity index (χ1) is 10.2. The number of aromatic nitrogens is 1. The number of piperazine rings is 1. The molecule has 5 nitrogen and oxygen atoms in total. The van der Waals surface area contributed by atoms with Gasteiger partial charge in [0.1, 0.15) is 4.88 Å². The van der Waals surface area contributed by atoms with Gasteiger partial charge in [-0.2, -0.15) is 0 Å². The fourth-order valence-electron chi connectivity index (χ4n) is 3.00. The van der Waals surface area contributed by atoms with Crippen LogP contribution >= 0.6 is 11.3 Å². The molecule has 2 aromatic heterocycles. The molecule has 1 aliphatic heterocycles. The van der Waals surface area contributed by atoms with Gasteiger partial charge in [0, 0.05) is 50.0 Å². The van der Waals surface area contributed by atoms with Crippen molar-refractivity contribution in [1.82, 2.24) is 14.8 Å². The molecule has 0 bridgehead atoms. The summed E-state index contributed by atoms with van der Waals surface area (Å²) in [5, 5.41) is 0.940. The molecule has 0 atom stereocenters. The topological polar surface area (TPSA) is 62.5 Å². The first-order valence-corrected chi connectivity index (χ1v) is 8.21. The SMILES string of the molecule is Nc1c(C(=O)N2CCN(C3CC3)CC2)sc2cnccc12. The van der Waals surface area contributed by atoms with Crippen LogP contribution in [0.1, 0.15) is 22.5 Å². The zero-order chi connectivity index (χ0) is 14.4. The third-order valence-corrected chi connectivity index (χ3v) is 5.53. The van der Waals surface area contributed by atoms with Crippen LogP contribution in [0.3, 0.4) is 0 Å². The molecular formula is C15H18N4OS. The summed E-state index contributed by atoms with van der Waals surface area (Å²) >= 11 is 1.45. The molecule has 0 unspecified atom stereocenters. The summed E-state index contributed by atoms with van der Waals surface area (Å²) in [6, 6.07) is 2.66. The highest BCUT2D eigenvalue weighted by atomic mass is 32.1. The highest BCUT2D eigenvalue weighted by Gasteiger charge is 2.33. The Labute approximate surface area is 127 Å². The first-order valence-electron chi connectivity index (χ1n) is 7.39. The minimum Gasteiger partial charge on any atom is -0.397 e. The van der Waals surface area contributed by atoms with Crippen molar-refractivity contribution in [3.8, 4) is 0 Å². The molecule has 6 heteroatoms. The Bertz CT molecular complexity index is 686. The molecule has 4 rings (SSSR count). The van der Waals surface area contributed by atoms with Crippen LogP contribution in [0.15, 0.2) is 18.5 Å². The van der Waals surface area contributed by atoms with Crippen molar-refractivity contribution in [3.05, 3.63) is 23.3 Å². The maximum absolute atomic E-state index is 12.7. The second-order valence-corrected chi connectivity index (χ2v) is 6.83.